The van der Waals surface area contributed by atoms with Gasteiger partial charge in [-0.2, -0.15) is 0 Å². The maximum absolute atomic E-state index is 13.2. The summed E-state index contributed by atoms with van der Waals surface area (Å²) in [5, 5.41) is 23.7. The van der Waals surface area contributed by atoms with E-state index in [1.54, 1.807) is 23.5 Å². The second-order valence-electron chi connectivity index (χ2n) is 8.33. The first-order chi connectivity index (χ1) is 18.0. The van der Waals surface area contributed by atoms with Crippen molar-refractivity contribution in [2.75, 3.05) is 10.6 Å². The normalized spacial score (nSPS) is 11.2. The summed E-state index contributed by atoms with van der Waals surface area (Å²) in [6.07, 6.45) is 0.261. The summed E-state index contributed by atoms with van der Waals surface area (Å²) < 4.78 is 1.97. The third-order valence-corrected chi connectivity index (χ3v) is 7.42. The molecule has 0 unspecified atom stereocenters. The van der Waals surface area contributed by atoms with Gasteiger partial charge in [-0.15, -0.1) is 16.4 Å². The summed E-state index contributed by atoms with van der Waals surface area (Å²) in [7, 11) is 0. The van der Waals surface area contributed by atoms with Crippen LogP contribution in [0.4, 0.5) is 11.4 Å². The van der Waals surface area contributed by atoms with Crippen molar-refractivity contribution in [2.45, 2.75) is 6.42 Å². The van der Waals surface area contributed by atoms with E-state index in [0.29, 0.717) is 34.0 Å². The molecule has 0 aliphatic heterocycles. The Morgan fingerprint density at radius 1 is 0.973 bits per heavy atom. The number of benzene rings is 3. The molecule has 11 heteroatoms. The second-order valence-corrected chi connectivity index (χ2v) is 10.2. The molecule has 0 bridgehead atoms. The van der Waals surface area contributed by atoms with Crippen molar-refractivity contribution >= 4 is 71.4 Å². The minimum Gasteiger partial charge on any atom is -0.349 e. The highest BCUT2D eigenvalue weighted by atomic mass is 79.9. The summed E-state index contributed by atoms with van der Waals surface area (Å²) in [4.78, 5) is 29.2. The number of thiophene rings is 1. The molecule has 0 aliphatic rings. The number of aromatic nitrogens is 5. The maximum atomic E-state index is 13.2. The van der Waals surface area contributed by atoms with Crippen LogP contribution >= 0.6 is 27.3 Å². The molecule has 0 fully saturated rings. The molecule has 0 aliphatic carbocycles. The first-order valence-corrected chi connectivity index (χ1v) is 12.9. The third-order valence-electron chi connectivity index (χ3n) is 5.92. The van der Waals surface area contributed by atoms with Gasteiger partial charge in [0.15, 0.2) is 5.82 Å². The number of H-pyrrole nitrogens is 2. The van der Waals surface area contributed by atoms with Crippen molar-refractivity contribution in [3.63, 3.8) is 0 Å². The van der Waals surface area contributed by atoms with Crippen LogP contribution < -0.4 is 10.6 Å². The highest BCUT2D eigenvalue weighted by molar-refractivity contribution is 9.10. The van der Waals surface area contributed by atoms with Gasteiger partial charge in [0.1, 0.15) is 5.69 Å². The standard InChI is InChI=1S/C26H18BrN7O2S/c27-16-8-9-19(18(12-16)25-31-33-34-32-25)30-26(36)21-10-14-4-3-6-20(24(14)29-21)28-23(35)11-15-13-37-22-7-2-1-5-17(15)22/h1-10,12-13,29H,11H2,(H,28,35)(H,30,36)(H,31,32,33,34). The molecule has 2 amide bonds. The zero-order valence-corrected chi connectivity index (χ0v) is 21.5. The lowest BCUT2D eigenvalue weighted by Crippen LogP contribution is -2.15. The molecule has 0 spiro atoms. The smallest absolute Gasteiger partial charge is 0.272 e. The van der Waals surface area contributed by atoms with Crippen molar-refractivity contribution in [3.8, 4) is 11.4 Å². The van der Waals surface area contributed by atoms with Gasteiger partial charge in [0.2, 0.25) is 5.91 Å². The number of hydrogen-bond acceptors (Lipinski definition) is 6. The zero-order valence-electron chi connectivity index (χ0n) is 19.1. The molecular weight excluding hydrogens is 554 g/mol. The van der Waals surface area contributed by atoms with Crippen LogP contribution in [0.5, 0.6) is 0 Å². The Bertz CT molecular complexity index is 1770. The number of carbonyl (C=O) groups excluding carboxylic acids is 2. The third kappa shape index (κ3) is 4.61. The monoisotopic (exact) mass is 571 g/mol. The molecule has 0 atom stereocenters. The quantitative estimate of drug-likeness (QED) is 0.202. The van der Waals surface area contributed by atoms with Crippen molar-refractivity contribution in [1.29, 1.82) is 0 Å². The lowest BCUT2D eigenvalue weighted by Gasteiger charge is -2.09. The number of fused-ring (bicyclic) bond motifs is 2. The van der Waals surface area contributed by atoms with Gasteiger partial charge in [-0.1, -0.05) is 46.3 Å². The molecule has 9 nitrogen and oxygen atoms in total. The van der Waals surface area contributed by atoms with E-state index >= 15 is 0 Å². The highest BCUT2D eigenvalue weighted by Crippen LogP contribution is 2.30. The Hall–Kier alpha value is -4.35. The predicted molar refractivity (Wildman–Crippen MR) is 148 cm³/mol. The zero-order chi connectivity index (χ0) is 25.4. The minimum absolute atomic E-state index is 0.128. The summed E-state index contributed by atoms with van der Waals surface area (Å²) in [5.41, 5.74) is 3.80. The first kappa shape index (κ1) is 23.1. The van der Waals surface area contributed by atoms with Crippen LogP contribution in [0.1, 0.15) is 16.1 Å². The van der Waals surface area contributed by atoms with E-state index in [1.165, 1.54) is 0 Å². The number of aromatic amines is 2. The molecule has 6 rings (SSSR count). The molecule has 3 aromatic heterocycles. The topological polar surface area (TPSA) is 128 Å². The molecule has 3 heterocycles. The van der Waals surface area contributed by atoms with Crippen LogP contribution in [0.2, 0.25) is 0 Å². The molecule has 4 N–H and O–H groups in total. The Kier molecular flexibility index (Phi) is 5.99. The molecule has 0 saturated heterocycles. The van der Waals surface area contributed by atoms with Crippen molar-refractivity contribution in [2.24, 2.45) is 0 Å². The van der Waals surface area contributed by atoms with Crippen LogP contribution in [-0.2, 0) is 11.2 Å². The average Bonchev–Trinajstić information content (AvgIpc) is 3.66. The van der Waals surface area contributed by atoms with E-state index < -0.39 is 0 Å². The van der Waals surface area contributed by atoms with Gasteiger partial charge < -0.3 is 15.6 Å². The van der Waals surface area contributed by atoms with Gasteiger partial charge in [0.25, 0.3) is 5.91 Å². The van der Waals surface area contributed by atoms with E-state index in [0.717, 1.165) is 25.5 Å². The largest absolute Gasteiger partial charge is 0.349 e. The number of rotatable bonds is 6. The van der Waals surface area contributed by atoms with Crippen LogP contribution in [0.3, 0.4) is 0 Å². The Morgan fingerprint density at radius 3 is 2.73 bits per heavy atom. The molecule has 0 saturated carbocycles. The summed E-state index contributed by atoms with van der Waals surface area (Å²) in [6, 6.07) is 20.7. The van der Waals surface area contributed by atoms with Crippen LogP contribution in [-0.4, -0.2) is 37.4 Å². The summed E-state index contributed by atoms with van der Waals surface area (Å²) in [5.74, 6) is -0.0391. The maximum Gasteiger partial charge on any atom is 0.272 e. The van der Waals surface area contributed by atoms with E-state index in [4.69, 9.17) is 0 Å². The van der Waals surface area contributed by atoms with Gasteiger partial charge >= 0.3 is 0 Å². The van der Waals surface area contributed by atoms with Crippen LogP contribution in [0.25, 0.3) is 32.4 Å². The molecule has 37 heavy (non-hydrogen) atoms. The van der Waals surface area contributed by atoms with E-state index in [1.807, 2.05) is 60.0 Å². The number of nitrogens with zero attached hydrogens (tertiary/aromatic N) is 3. The summed E-state index contributed by atoms with van der Waals surface area (Å²) >= 11 is 5.07. The molecule has 182 valence electrons. The van der Waals surface area contributed by atoms with Crippen molar-refractivity contribution < 1.29 is 9.59 Å². The number of halogens is 1. The SMILES string of the molecule is O=C(Cc1csc2ccccc12)Nc1cccc2cc(C(=O)Nc3ccc(Br)cc3-c3nnn[nH]3)[nH]c12. The minimum atomic E-state index is -0.339. The second kappa shape index (κ2) is 9.60. The highest BCUT2D eigenvalue weighted by Gasteiger charge is 2.17. The number of carbonyl (C=O) groups is 2. The molecule has 3 aromatic carbocycles. The lowest BCUT2D eigenvalue weighted by molar-refractivity contribution is -0.115. The fourth-order valence-electron chi connectivity index (χ4n) is 4.20. The van der Waals surface area contributed by atoms with Gasteiger partial charge in [0.05, 0.1) is 23.3 Å². The van der Waals surface area contributed by atoms with Crippen molar-refractivity contribution in [1.82, 2.24) is 25.6 Å². The van der Waals surface area contributed by atoms with Gasteiger partial charge in [-0.3, -0.25) is 9.59 Å². The van der Waals surface area contributed by atoms with Crippen molar-refractivity contribution in [3.05, 3.63) is 87.8 Å². The van der Waals surface area contributed by atoms with E-state index in [2.05, 4.69) is 52.2 Å². The average molecular weight is 572 g/mol. The fourth-order valence-corrected chi connectivity index (χ4v) is 5.53. The molecule has 6 aromatic rings. The van der Waals surface area contributed by atoms with E-state index in [9.17, 15) is 9.59 Å². The number of amides is 2. The van der Waals surface area contributed by atoms with E-state index in [-0.39, 0.29) is 18.2 Å². The number of tetrazole rings is 1. The number of nitrogens with one attached hydrogen (secondary N) is 4. The number of hydrogen-bond donors (Lipinski definition) is 4. The lowest BCUT2D eigenvalue weighted by atomic mass is 10.1. The van der Waals surface area contributed by atoms with Crippen LogP contribution in [0.15, 0.2) is 76.6 Å². The van der Waals surface area contributed by atoms with Crippen LogP contribution in [0, 0.1) is 0 Å². The molecular formula is C26H18BrN7O2S. The Morgan fingerprint density at radius 2 is 1.86 bits per heavy atom. The Labute approximate surface area is 222 Å². The predicted octanol–water partition coefficient (Wildman–Crippen LogP) is 5.76. The summed E-state index contributed by atoms with van der Waals surface area (Å²) in [6.45, 7) is 0. The number of para-hydroxylation sites is 1. The number of anilines is 2. The fraction of sp³-hybridized carbons (Fsp3) is 0.0385. The molecule has 0 radical (unpaired) electrons. The Balaban J connectivity index is 1.24. The first-order valence-electron chi connectivity index (χ1n) is 11.3. The van der Waals surface area contributed by atoms with Gasteiger partial charge in [-0.25, -0.2) is 5.10 Å². The van der Waals surface area contributed by atoms with Gasteiger partial charge in [0, 0.05) is 20.1 Å². The van der Waals surface area contributed by atoms with Gasteiger partial charge in [-0.05, 0) is 63.2 Å².